The van der Waals surface area contributed by atoms with Crippen molar-refractivity contribution in [2.24, 2.45) is 5.41 Å². The van der Waals surface area contributed by atoms with Crippen LogP contribution in [0.3, 0.4) is 0 Å². The summed E-state index contributed by atoms with van der Waals surface area (Å²) in [7, 11) is 0. The Balaban J connectivity index is 1.27. The second kappa shape index (κ2) is 8.86. The highest BCUT2D eigenvalue weighted by atomic mass is 32.1. The Morgan fingerprint density at radius 2 is 1.79 bits per heavy atom. The highest BCUT2D eigenvalue weighted by molar-refractivity contribution is 7.22. The summed E-state index contributed by atoms with van der Waals surface area (Å²) in [6, 6.07) is 8.22. The number of rotatable bonds is 4. The molecule has 6 rings (SSSR count). The maximum Gasteiger partial charge on any atom is 0.418 e. The summed E-state index contributed by atoms with van der Waals surface area (Å²) in [4.78, 5) is 6.60. The molecule has 4 aromatic rings. The van der Waals surface area contributed by atoms with Gasteiger partial charge in [0.1, 0.15) is 5.52 Å². The van der Waals surface area contributed by atoms with Gasteiger partial charge in [0.05, 0.1) is 33.4 Å². The number of fused-ring (bicyclic) bond motifs is 1. The van der Waals surface area contributed by atoms with Crippen LogP contribution >= 0.6 is 11.3 Å². The lowest BCUT2D eigenvalue weighted by Crippen LogP contribution is -2.42. The molecule has 11 heteroatoms. The minimum Gasteiger partial charge on any atom is -0.348 e. The fourth-order valence-electron chi connectivity index (χ4n) is 5.50. The summed E-state index contributed by atoms with van der Waals surface area (Å²) >= 11 is 1.44. The Morgan fingerprint density at radius 3 is 2.47 bits per heavy atom. The first kappa shape index (κ1) is 25.0. The van der Waals surface area contributed by atoms with Crippen molar-refractivity contribution in [1.82, 2.24) is 14.8 Å². The van der Waals surface area contributed by atoms with E-state index in [1.54, 1.807) is 0 Å². The molecule has 38 heavy (non-hydrogen) atoms. The molecule has 2 aliphatic rings. The van der Waals surface area contributed by atoms with Gasteiger partial charge in [0.2, 0.25) is 0 Å². The van der Waals surface area contributed by atoms with Crippen LogP contribution < -0.4 is 4.90 Å². The Kier molecular flexibility index (Phi) is 5.82. The number of allylic oxidation sites excluding steroid dienone is 2. The number of halogens is 6. The van der Waals surface area contributed by atoms with Gasteiger partial charge in [-0.3, -0.25) is 0 Å². The molecule has 0 atom stereocenters. The zero-order valence-electron chi connectivity index (χ0n) is 20.2. The second-order valence-electron chi connectivity index (χ2n) is 9.96. The first-order valence-corrected chi connectivity index (χ1v) is 12.9. The lowest BCUT2D eigenvalue weighted by molar-refractivity contribution is -0.137. The molecule has 0 bridgehead atoms. The van der Waals surface area contributed by atoms with Gasteiger partial charge in [-0.15, -0.1) is 0 Å². The third-order valence-electron chi connectivity index (χ3n) is 7.41. The summed E-state index contributed by atoms with van der Waals surface area (Å²) < 4.78 is 84.9. The molecule has 0 saturated carbocycles. The monoisotopic (exact) mass is 548 g/mol. The van der Waals surface area contributed by atoms with E-state index in [9.17, 15) is 26.3 Å². The van der Waals surface area contributed by atoms with Gasteiger partial charge in [0.15, 0.2) is 10.9 Å². The average molecular weight is 549 g/mol. The minimum absolute atomic E-state index is 0.0294. The molecule has 1 aliphatic heterocycles. The van der Waals surface area contributed by atoms with E-state index >= 15 is 0 Å². The number of para-hydroxylation sites is 1. The van der Waals surface area contributed by atoms with Crippen LogP contribution in [0.4, 0.5) is 31.5 Å². The number of hydrogen-bond donors (Lipinski definition) is 0. The van der Waals surface area contributed by atoms with Crippen molar-refractivity contribution >= 4 is 32.3 Å². The van der Waals surface area contributed by atoms with Crippen LogP contribution in [0.1, 0.15) is 48.1 Å². The predicted octanol–water partition coefficient (Wildman–Crippen LogP) is 7.96. The van der Waals surface area contributed by atoms with Gasteiger partial charge in [0.25, 0.3) is 6.43 Å². The zero-order valence-corrected chi connectivity index (χ0v) is 21.0. The molecule has 1 saturated heterocycles. The van der Waals surface area contributed by atoms with Crippen LogP contribution in [-0.4, -0.2) is 27.9 Å². The normalized spacial score (nSPS) is 17.4. The Morgan fingerprint density at radius 1 is 1.08 bits per heavy atom. The van der Waals surface area contributed by atoms with Crippen molar-refractivity contribution in [3.63, 3.8) is 0 Å². The molecule has 198 valence electrons. The fraction of sp³-hybridized carbons (Fsp3) is 0.333. The van der Waals surface area contributed by atoms with Gasteiger partial charge in [-0.25, -0.2) is 22.8 Å². The van der Waals surface area contributed by atoms with Crippen LogP contribution in [0.5, 0.6) is 0 Å². The van der Waals surface area contributed by atoms with Crippen molar-refractivity contribution in [2.75, 3.05) is 18.0 Å². The van der Waals surface area contributed by atoms with Crippen LogP contribution in [0.2, 0.25) is 0 Å². The maximum atomic E-state index is 14.3. The van der Waals surface area contributed by atoms with Crippen molar-refractivity contribution in [3.8, 4) is 5.69 Å². The number of aromatic nitrogens is 3. The molecule has 0 radical (unpaired) electrons. The first-order chi connectivity index (χ1) is 18.0. The second-order valence-corrected chi connectivity index (χ2v) is 11.0. The number of nitrogens with zero attached hydrogens (tertiary/aromatic N) is 4. The van der Waals surface area contributed by atoms with Gasteiger partial charge in [0, 0.05) is 13.1 Å². The molecule has 1 aliphatic carbocycles. The topological polar surface area (TPSA) is 34.0 Å². The van der Waals surface area contributed by atoms with Crippen molar-refractivity contribution in [2.45, 2.75) is 38.8 Å². The Hall–Kier alpha value is -3.34. The average Bonchev–Trinajstić information content (AvgIpc) is 3.47. The van der Waals surface area contributed by atoms with E-state index in [0.29, 0.717) is 30.6 Å². The smallest absolute Gasteiger partial charge is 0.348 e. The largest absolute Gasteiger partial charge is 0.418 e. The van der Waals surface area contributed by atoms with E-state index in [2.05, 4.69) is 15.0 Å². The van der Waals surface area contributed by atoms with Crippen molar-refractivity contribution in [3.05, 3.63) is 76.9 Å². The van der Waals surface area contributed by atoms with Gasteiger partial charge in [-0.1, -0.05) is 29.5 Å². The van der Waals surface area contributed by atoms with Crippen LogP contribution in [0, 0.1) is 18.2 Å². The summed E-state index contributed by atoms with van der Waals surface area (Å²) in [5, 5.41) is 4.69. The summed E-state index contributed by atoms with van der Waals surface area (Å²) in [6.07, 6.45) is -2.74. The third kappa shape index (κ3) is 4.16. The highest BCUT2D eigenvalue weighted by Gasteiger charge is 2.43. The lowest BCUT2D eigenvalue weighted by atomic mass is 9.64. The molecule has 0 unspecified atom stereocenters. The Labute approximate surface area is 218 Å². The molecule has 2 aromatic heterocycles. The molecule has 4 nitrogen and oxygen atoms in total. The zero-order chi connectivity index (χ0) is 26.8. The van der Waals surface area contributed by atoms with E-state index in [1.807, 2.05) is 19.1 Å². The number of piperidine rings is 1. The van der Waals surface area contributed by atoms with Crippen molar-refractivity contribution in [1.29, 1.82) is 0 Å². The van der Waals surface area contributed by atoms with Gasteiger partial charge in [-0.05, 0) is 67.0 Å². The fourth-order valence-corrected chi connectivity index (χ4v) is 6.63. The number of benzene rings is 2. The number of hydrogen-bond acceptors (Lipinski definition) is 4. The minimum atomic E-state index is -4.66. The quantitative estimate of drug-likeness (QED) is 0.243. The highest BCUT2D eigenvalue weighted by Crippen LogP contribution is 2.53. The van der Waals surface area contributed by atoms with E-state index in [4.69, 9.17) is 0 Å². The van der Waals surface area contributed by atoms with E-state index < -0.39 is 18.2 Å². The third-order valence-corrected chi connectivity index (χ3v) is 8.47. The van der Waals surface area contributed by atoms with E-state index in [1.165, 1.54) is 35.6 Å². The van der Waals surface area contributed by atoms with Crippen LogP contribution in [0.15, 0.2) is 48.7 Å². The standard InChI is InChI=1S/C27H22F6N4S/c1-15-10-19(28)22-21(11-15)38-25(35-22)36-8-6-26(7-9-36)12-16(13-26)23-17(24(29)30)14-34-37(23)20-5-3-2-4-18(20)27(31,32)33/h2-5,10-12,14,24H,6-9,13H2,1H3. The van der Waals surface area contributed by atoms with Crippen LogP contribution in [-0.2, 0) is 6.18 Å². The number of aryl methyl sites for hydroxylation is 1. The summed E-state index contributed by atoms with van der Waals surface area (Å²) in [5.74, 6) is -0.346. The van der Waals surface area contributed by atoms with Gasteiger partial charge in [-0.2, -0.15) is 18.3 Å². The maximum absolute atomic E-state index is 14.3. The number of thiazole rings is 1. The molecular weight excluding hydrogens is 526 g/mol. The molecule has 0 N–H and O–H groups in total. The number of alkyl halides is 5. The van der Waals surface area contributed by atoms with E-state index in [-0.39, 0.29) is 28.2 Å². The van der Waals surface area contributed by atoms with Gasteiger partial charge >= 0.3 is 6.18 Å². The first-order valence-electron chi connectivity index (χ1n) is 12.1. The lowest BCUT2D eigenvalue weighted by Gasteiger charge is -2.46. The van der Waals surface area contributed by atoms with Gasteiger partial charge < -0.3 is 4.90 Å². The predicted molar refractivity (Wildman–Crippen MR) is 134 cm³/mol. The molecule has 1 spiro atoms. The molecular formula is C27H22F6N4S. The molecule has 0 amide bonds. The molecule has 2 aromatic carbocycles. The molecule has 1 fully saturated rings. The summed E-state index contributed by atoms with van der Waals surface area (Å²) in [6.45, 7) is 3.14. The van der Waals surface area contributed by atoms with Crippen LogP contribution in [0.25, 0.3) is 21.5 Å². The molecule has 3 heterocycles. The van der Waals surface area contributed by atoms with E-state index in [0.717, 1.165) is 45.2 Å². The Bertz CT molecular complexity index is 1560. The van der Waals surface area contributed by atoms with Crippen molar-refractivity contribution < 1.29 is 26.3 Å². The summed E-state index contributed by atoms with van der Waals surface area (Å²) in [5.41, 5.74) is -0.0475. The number of anilines is 1. The SMILES string of the molecule is Cc1cc(F)c2nc(N3CCC4(C=C(c5c(C(F)F)cnn5-c5ccccc5C(F)(F)F)C4)CC3)sc2c1.